The van der Waals surface area contributed by atoms with Crippen LogP contribution in [0.3, 0.4) is 0 Å². The van der Waals surface area contributed by atoms with E-state index in [4.69, 9.17) is 5.73 Å². The highest BCUT2D eigenvalue weighted by Gasteiger charge is 1.98. The normalized spacial score (nSPS) is 9.20. The van der Waals surface area contributed by atoms with Crippen LogP contribution in [-0.4, -0.2) is 10.9 Å². The van der Waals surface area contributed by atoms with Crippen LogP contribution in [0.5, 0.6) is 0 Å². The Labute approximate surface area is 92.0 Å². The summed E-state index contributed by atoms with van der Waals surface area (Å²) in [6.07, 6.45) is 0. The number of hydrogen-bond donors (Lipinski definition) is 1. The minimum absolute atomic E-state index is 0.00246. The van der Waals surface area contributed by atoms with E-state index in [-0.39, 0.29) is 10.7 Å². The molecule has 2 nitrogen and oxygen atoms in total. The van der Waals surface area contributed by atoms with E-state index >= 15 is 0 Å². The standard InChI is InChI=1S/C11H10FNOS/c1-8(14)15-6-2-3-9-7-10(13)4-5-11(9)12/h4-5,7H,6,13H2,1H3. The first-order valence-electron chi connectivity index (χ1n) is 4.27. The van der Waals surface area contributed by atoms with Gasteiger partial charge in [0.1, 0.15) is 5.82 Å². The number of carbonyl (C=O) groups excluding carboxylic acids is 1. The maximum Gasteiger partial charge on any atom is 0.186 e. The number of thioether (sulfide) groups is 1. The lowest BCUT2D eigenvalue weighted by Gasteiger charge is -1.95. The van der Waals surface area contributed by atoms with Crippen LogP contribution in [-0.2, 0) is 4.79 Å². The van der Waals surface area contributed by atoms with Crippen LogP contribution in [0.2, 0.25) is 0 Å². The molecule has 0 fully saturated rings. The fraction of sp³-hybridized carbons (Fsp3) is 0.182. The summed E-state index contributed by atoms with van der Waals surface area (Å²) in [6, 6.07) is 4.23. The molecular weight excluding hydrogens is 213 g/mol. The molecule has 0 atom stereocenters. The van der Waals surface area contributed by atoms with Crippen molar-refractivity contribution >= 4 is 22.6 Å². The zero-order chi connectivity index (χ0) is 11.3. The van der Waals surface area contributed by atoms with Crippen molar-refractivity contribution in [3.63, 3.8) is 0 Å². The van der Waals surface area contributed by atoms with Gasteiger partial charge in [0.05, 0.1) is 11.3 Å². The lowest BCUT2D eigenvalue weighted by molar-refractivity contribution is -0.109. The van der Waals surface area contributed by atoms with Gasteiger partial charge < -0.3 is 5.73 Å². The van der Waals surface area contributed by atoms with Crippen molar-refractivity contribution in [2.45, 2.75) is 6.92 Å². The van der Waals surface area contributed by atoms with Crippen molar-refractivity contribution in [3.05, 3.63) is 29.6 Å². The summed E-state index contributed by atoms with van der Waals surface area (Å²) in [5.41, 5.74) is 6.22. The number of carbonyl (C=O) groups is 1. The first kappa shape index (κ1) is 11.6. The van der Waals surface area contributed by atoms with E-state index in [2.05, 4.69) is 11.8 Å². The van der Waals surface area contributed by atoms with Gasteiger partial charge in [-0.2, -0.15) is 0 Å². The molecule has 0 aliphatic carbocycles. The monoisotopic (exact) mass is 223 g/mol. The lowest BCUT2D eigenvalue weighted by atomic mass is 10.2. The van der Waals surface area contributed by atoms with Gasteiger partial charge in [0.2, 0.25) is 0 Å². The average Bonchev–Trinajstić information content (AvgIpc) is 2.17. The number of hydrogen-bond acceptors (Lipinski definition) is 3. The van der Waals surface area contributed by atoms with Gasteiger partial charge >= 0.3 is 0 Å². The van der Waals surface area contributed by atoms with Crippen molar-refractivity contribution in [2.75, 3.05) is 11.5 Å². The summed E-state index contributed by atoms with van der Waals surface area (Å²) in [5.74, 6) is 5.29. The molecule has 0 aromatic heterocycles. The van der Waals surface area contributed by atoms with E-state index in [0.717, 1.165) is 11.8 Å². The minimum atomic E-state index is -0.399. The first-order valence-corrected chi connectivity index (χ1v) is 5.25. The number of halogens is 1. The molecule has 0 aliphatic heterocycles. The smallest absolute Gasteiger partial charge is 0.186 e. The molecule has 0 radical (unpaired) electrons. The SMILES string of the molecule is CC(=O)SCC#Cc1cc(N)ccc1F. The molecule has 4 heteroatoms. The van der Waals surface area contributed by atoms with Gasteiger partial charge in [-0.1, -0.05) is 23.6 Å². The van der Waals surface area contributed by atoms with Crippen molar-refractivity contribution in [1.29, 1.82) is 0 Å². The lowest BCUT2D eigenvalue weighted by Crippen LogP contribution is -1.89. The minimum Gasteiger partial charge on any atom is -0.399 e. The zero-order valence-electron chi connectivity index (χ0n) is 8.21. The third kappa shape index (κ3) is 4.05. The summed E-state index contributed by atoms with van der Waals surface area (Å²) in [7, 11) is 0. The molecule has 2 N–H and O–H groups in total. The Morgan fingerprint density at radius 1 is 1.60 bits per heavy atom. The van der Waals surface area contributed by atoms with Gasteiger partial charge in [-0.3, -0.25) is 4.79 Å². The number of nitrogens with two attached hydrogens (primary N) is 1. The highest BCUT2D eigenvalue weighted by molar-refractivity contribution is 8.13. The molecule has 0 spiro atoms. The second-order valence-electron chi connectivity index (χ2n) is 2.82. The van der Waals surface area contributed by atoms with E-state index < -0.39 is 5.82 Å². The summed E-state index contributed by atoms with van der Waals surface area (Å²) < 4.78 is 13.1. The molecule has 1 aromatic rings. The van der Waals surface area contributed by atoms with Crippen LogP contribution >= 0.6 is 11.8 Å². The van der Waals surface area contributed by atoms with Crippen LogP contribution in [0.15, 0.2) is 18.2 Å². The highest BCUT2D eigenvalue weighted by atomic mass is 32.2. The predicted molar refractivity (Wildman–Crippen MR) is 60.8 cm³/mol. The second kappa shape index (κ2) is 5.42. The Bertz CT molecular complexity index is 434. The molecule has 0 unspecified atom stereocenters. The summed E-state index contributed by atoms with van der Waals surface area (Å²) in [6.45, 7) is 1.47. The Hall–Kier alpha value is -1.47. The third-order valence-corrected chi connectivity index (χ3v) is 2.26. The van der Waals surface area contributed by atoms with E-state index in [9.17, 15) is 9.18 Å². The maximum atomic E-state index is 13.1. The number of nitrogen functional groups attached to an aromatic ring is 1. The molecule has 0 bridgehead atoms. The Kier molecular flexibility index (Phi) is 4.19. The number of benzene rings is 1. The molecule has 0 saturated carbocycles. The molecule has 1 aromatic carbocycles. The Balaban J connectivity index is 2.71. The molecule has 0 amide bonds. The van der Waals surface area contributed by atoms with Crippen LogP contribution in [0.4, 0.5) is 10.1 Å². The van der Waals surface area contributed by atoms with Crippen molar-refractivity contribution in [1.82, 2.24) is 0 Å². The fourth-order valence-corrected chi connectivity index (χ4v) is 1.26. The summed E-state index contributed by atoms with van der Waals surface area (Å²) in [4.78, 5) is 10.6. The summed E-state index contributed by atoms with van der Waals surface area (Å²) in [5, 5.41) is -0.00246. The molecule has 78 valence electrons. The Morgan fingerprint density at radius 2 is 2.33 bits per heavy atom. The van der Waals surface area contributed by atoms with E-state index in [0.29, 0.717) is 11.4 Å². The average molecular weight is 223 g/mol. The van der Waals surface area contributed by atoms with Gasteiger partial charge in [0, 0.05) is 12.6 Å². The van der Waals surface area contributed by atoms with Gasteiger partial charge in [-0.25, -0.2) is 4.39 Å². The largest absolute Gasteiger partial charge is 0.399 e. The second-order valence-corrected chi connectivity index (χ2v) is 3.97. The van der Waals surface area contributed by atoms with Gasteiger partial charge in [0.15, 0.2) is 5.12 Å². The number of rotatable bonds is 1. The molecular formula is C11H10FNOS. The van der Waals surface area contributed by atoms with Crippen molar-refractivity contribution in [3.8, 4) is 11.8 Å². The van der Waals surface area contributed by atoms with E-state index in [1.165, 1.54) is 25.1 Å². The maximum absolute atomic E-state index is 13.1. The molecule has 1 rings (SSSR count). The molecule has 0 saturated heterocycles. The van der Waals surface area contributed by atoms with Crippen molar-refractivity contribution < 1.29 is 9.18 Å². The number of anilines is 1. The predicted octanol–water partition coefficient (Wildman–Crippen LogP) is 2.04. The van der Waals surface area contributed by atoms with E-state index in [1.54, 1.807) is 0 Å². The topological polar surface area (TPSA) is 43.1 Å². The van der Waals surface area contributed by atoms with Crippen molar-refractivity contribution in [2.24, 2.45) is 0 Å². The van der Waals surface area contributed by atoms with E-state index in [1.807, 2.05) is 0 Å². The van der Waals surface area contributed by atoms with Gasteiger partial charge in [-0.05, 0) is 18.2 Å². The quantitative estimate of drug-likeness (QED) is 0.585. The van der Waals surface area contributed by atoms with Gasteiger partial charge in [-0.15, -0.1) is 0 Å². The highest BCUT2D eigenvalue weighted by Crippen LogP contribution is 2.10. The molecule has 0 aliphatic rings. The molecule has 15 heavy (non-hydrogen) atoms. The first-order chi connectivity index (χ1) is 7.09. The zero-order valence-corrected chi connectivity index (χ0v) is 9.03. The van der Waals surface area contributed by atoms with Crippen LogP contribution < -0.4 is 5.73 Å². The van der Waals surface area contributed by atoms with Crippen LogP contribution in [0, 0.1) is 17.7 Å². The Morgan fingerprint density at radius 3 is 3.00 bits per heavy atom. The van der Waals surface area contributed by atoms with Crippen LogP contribution in [0.25, 0.3) is 0 Å². The van der Waals surface area contributed by atoms with Crippen LogP contribution in [0.1, 0.15) is 12.5 Å². The summed E-state index contributed by atoms with van der Waals surface area (Å²) >= 11 is 1.09. The fourth-order valence-electron chi connectivity index (χ4n) is 0.908. The molecule has 0 heterocycles. The van der Waals surface area contributed by atoms with Gasteiger partial charge in [0.25, 0.3) is 0 Å². The third-order valence-electron chi connectivity index (χ3n) is 1.56.